The van der Waals surface area contributed by atoms with Crippen LogP contribution in [0.3, 0.4) is 0 Å². The molecule has 0 radical (unpaired) electrons. The maximum absolute atomic E-state index is 9.97. The van der Waals surface area contributed by atoms with E-state index in [0.29, 0.717) is 5.92 Å². The van der Waals surface area contributed by atoms with Crippen molar-refractivity contribution in [3.63, 3.8) is 0 Å². The number of methoxy groups -OCH3 is 1. The summed E-state index contributed by atoms with van der Waals surface area (Å²) in [5.74, 6) is 1.30. The molecular weight excluding hydrogens is 184 g/mol. The lowest BCUT2D eigenvalue weighted by atomic mass is 9.80. The van der Waals surface area contributed by atoms with Crippen LogP contribution in [0.15, 0.2) is 11.4 Å². The number of aliphatic hydroxyl groups is 1. The number of ether oxygens (including phenoxy) is 1. The van der Waals surface area contributed by atoms with Gasteiger partial charge in [0, 0.05) is 0 Å². The molecule has 0 saturated heterocycles. The van der Waals surface area contributed by atoms with Crippen molar-refractivity contribution >= 4 is 11.3 Å². The van der Waals surface area contributed by atoms with Crippen molar-refractivity contribution in [2.75, 3.05) is 7.11 Å². The van der Waals surface area contributed by atoms with Gasteiger partial charge in [-0.15, -0.1) is 11.3 Å². The summed E-state index contributed by atoms with van der Waals surface area (Å²) >= 11 is 1.58. The van der Waals surface area contributed by atoms with Gasteiger partial charge in [-0.2, -0.15) is 0 Å². The van der Waals surface area contributed by atoms with Crippen LogP contribution < -0.4 is 4.74 Å². The Labute approximate surface area is 82.2 Å². The highest BCUT2D eigenvalue weighted by Gasteiger charge is 2.29. The molecular formula is C10H14O2S. The van der Waals surface area contributed by atoms with Gasteiger partial charge in [0.05, 0.1) is 18.1 Å². The smallest absolute Gasteiger partial charge is 0.135 e. The summed E-state index contributed by atoms with van der Waals surface area (Å²) in [6.07, 6.45) is 3.27. The Kier molecular flexibility index (Phi) is 2.56. The van der Waals surface area contributed by atoms with Crippen molar-refractivity contribution in [3.05, 3.63) is 16.3 Å². The molecule has 1 heterocycles. The van der Waals surface area contributed by atoms with Crippen LogP contribution in [0, 0.1) is 5.92 Å². The van der Waals surface area contributed by atoms with Gasteiger partial charge >= 0.3 is 0 Å². The Balaban J connectivity index is 2.13. The average Bonchev–Trinajstić information content (AvgIpc) is 2.47. The summed E-state index contributed by atoms with van der Waals surface area (Å²) in [4.78, 5) is 0.993. The lowest BCUT2D eigenvalue weighted by Gasteiger charge is -2.29. The Morgan fingerprint density at radius 1 is 1.62 bits per heavy atom. The third-order valence-corrected chi connectivity index (χ3v) is 3.71. The Morgan fingerprint density at radius 2 is 2.38 bits per heavy atom. The average molecular weight is 198 g/mol. The van der Waals surface area contributed by atoms with Gasteiger partial charge in [0.1, 0.15) is 5.75 Å². The monoisotopic (exact) mass is 198 g/mol. The van der Waals surface area contributed by atoms with E-state index < -0.39 is 0 Å². The van der Waals surface area contributed by atoms with Crippen LogP contribution in [0.2, 0.25) is 0 Å². The second-order valence-electron chi connectivity index (χ2n) is 3.49. The van der Waals surface area contributed by atoms with Crippen LogP contribution in [-0.2, 0) is 0 Å². The van der Waals surface area contributed by atoms with Crippen molar-refractivity contribution in [1.29, 1.82) is 0 Å². The number of aliphatic hydroxyl groups excluding tert-OH is 1. The largest absolute Gasteiger partial charge is 0.495 e. The fourth-order valence-electron chi connectivity index (χ4n) is 1.66. The first-order chi connectivity index (χ1) is 6.33. The molecule has 0 aliphatic heterocycles. The second-order valence-corrected chi connectivity index (χ2v) is 4.44. The van der Waals surface area contributed by atoms with Gasteiger partial charge in [-0.25, -0.2) is 0 Å². The number of rotatable bonds is 3. The van der Waals surface area contributed by atoms with Crippen LogP contribution in [0.25, 0.3) is 0 Å². The lowest BCUT2D eigenvalue weighted by Crippen LogP contribution is -2.19. The van der Waals surface area contributed by atoms with Gasteiger partial charge in [0.15, 0.2) is 0 Å². The van der Waals surface area contributed by atoms with E-state index in [1.165, 1.54) is 6.42 Å². The number of hydrogen-bond acceptors (Lipinski definition) is 3. The van der Waals surface area contributed by atoms with Crippen molar-refractivity contribution < 1.29 is 9.84 Å². The van der Waals surface area contributed by atoms with E-state index >= 15 is 0 Å². The summed E-state index contributed by atoms with van der Waals surface area (Å²) in [7, 11) is 1.65. The first kappa shape index (κ1) is 9.03. The molecule has 1 unspecified atom stereocenters. The Hall–Kier alpha value is -0.540. The molecule has 1 saturated carbocycles. The van der Waals surface area contributed by atoms with Gasteiger partial charge in [-0.3, -0.25) is 0 Å². The second kappa shape index (κ2) is 3.68. The fourth-order valence-corrected chi connectivity index (χ4v) is 2.60. The third kappa shape index (κ3) is 1.58. The molecule has 1 aliphatic carbocycles. The van der Waals surface area contributed by atoms with Gasteiger partial charge in [0.25, 0.3) is 0 Å². The summed E-state index contributed by atoms with van der Waals surface area (Å²) < 4.78 is 5.18. The Bertz CT molecular complexity index is 278. The van der Waals surface area contributed by atoms with Crippen molar-refractivity contribution in [2.45, 2.75) is 25.4 Å². The van der Waals surface area contributed by atoms with Crippen LogP contribution in [0.4, 0.5) is 0 Å². The van der Waals surface area contributed by atoms with Gasteiger partial charge in [0.2, 0.25) is 0 Å². The molecule has 2 rings (SSSR count). The topological polar surface area (TPSA) is 29.5 Å². The zero-order valence-electron chi connectivity index (χ0n) is 7.69. The van der Waals surface area contributed by atoms with E-state index in [2.05, 4.69) is 0 Å². The maximum Gasteiger partial charge on any atom is 0.135 e. The molecule has 1 aromatic heterocycles. The zero-order valence-corrected chi connectivity index (χ0v) is 8.51. The third-order valence-electron chi connectivity index (χ3n) is 2.74. The number of thiophene rings is 1. The Morgan fingerprint density at radius 3 is 2.92 bits per heavy atom. The molecule has 3 heteroatoms. The molecule has 72 valence electrons. The molecule has 13 heavy (non-hydrogen) atoms. The van der Waals surface area contributed by atoms with Crippen molar-refractivity contribution in [2.24, 2.45) is 5.92 Å². The highest BCUT2D eigenvalue weighted by molar-refractivity contribution is 7.10. The van der Waals surface area contributed by atoms with Gasteiger partial charge in [-0.1, -0.05) is 6.42 Å². The zero-order chi connectivity index (χ0) is 9.26. The first-order valence-corrected chi connectivity index (χ1v) is 5.50. The molecule has 0 aromatic carbocycles. The van der Waals surface area contributed by atoms with Crippen LogP contribution >= 0.6 is 11.3 Å². The first-order valence-electron chi connectivity index (χ1n) is 4.62. The predicted molar refractivity (Wildman–Crippen MR) is 53.2 cm³/mol. The van der Waals surface area contributed by atoms with Gasteiger partial charge < -0.3 is 9.84 Å². The van der Waals surface area contributed by atoms with Gasteiger partial charge in [-0.05, 0) is 30.2 Å². The number of hydrogen-bond donors (Lipinski definition) is 1. The standard InChI is InChI=1S/C10H14O2S/c1-12-8-5-6-13-10(8)9(11)7-3-2-4-7/h5-7,9,11H,2-4H2,1H3. The molecule has 2 nitrogen and oxygen atoms in total. The van der Waals surface area contributed by atoms with Crippen molar-refractivity contribution in [1.82, 2.24) is 0 Å². The summed E-state index contributed by atoms with van der Waals surface area (Å²) in [6, 6.07) is 1.92. The highest BCUT2D eigenvalue weighted by atomic mass is 32.1. The van der Waals surface area contributed by atoms with E-state index in [4.69, 9.17) is 4.74 Å². The molecule has 1 atom stereocenters. The van der Waals surface area contributed by atoms with E-state index in [9.17, 15) is 5.11 Å². The minimum Gasteiger partial charge on any atom is -0.495 e. The molecule has 1 N–H and O–H groups in total. The molecule has 1 aliphatic rings. The predicted octanol–water partition coefficient (Wildman–Crippen LogP) is 2.59. The van der Waals surface area contributed by atoms with E-state index in [-0.39, 0.29) is 6.10 Å². The quantitative estimate of drug-likeness (QED) is 0.809. The summed E-state index contributed by atoms with van der Waals surface area (Å²) in [6.45, 7) is 0. The fraction of sp³-hybridized carbons (Fsp3) is 0.600. The molecule has 0 bridgehead atoms. The molecule has 0 spiro atoms. The van der Waals surface area contributed by atoms with Crippen LogP contribution in [0.5, 0.6) is 5.75 Å². The minimum atomic E-state index is -0.302. The van der Waals surface area contributed by atoms with E-state index in [1.54, 1.807) is 18.4 Å². The van der Waals surface area contributed by atoms with Crippen molar-refractivity contribution in [3.8, 4) is 5.75 Å². The lowest BCUT2D eigenvalue weighted by molar-refractivity contribution is 0.0631. The highest BCUT2D eigenvalue weighted by Crippen LogP contribution is 2.42. The minimum absolute atomic E-state index is 0.302. The van der Waals surface area contributed by atoms with E-state index in [1.807, 2.05) is 11.4 Å². The molecule has 0 amide bonds. The molecule has 1 fully saturated rings. The summed E-state index contributed by atoms with van der Waals surface area (Å²) in [5.41, 5.74) is 0. The summed E-state index contributed by atoms with van der Waals surface area (Å²) in [5, 5.41) is 11.9. The van der Waals surface area contributed by atoms with Crippen LogP contribution in [0.1, 0.15) is 30.2 Å². The molecule has 1 aromatic rings. The van der Waals surface area contributed by atoms with E-state index in [0.717, 1.165) is 23.5 Å². The maximum atomic E-state index is 9.97. The van der Waals surface area contributed by atoms with Crippen LogP contribution in [-0.4, -0.2) is 12.2 Å². The SMILES string of the molecule is COc1ccsc1C(O)C1CCC1. The normalized spacial score (nSPS) is 19.5.